The van der Waals surface area contributed by atoms with Gasteiger partial charge in [-0.3, -0.25) is 4.79 Å². The molecule has 0 aliphatic carbocycles. The van der Waals surface area contributed by atoms with Crippen LogP contribution < -0.4 is 11.1 Å². The maximum absolute atomic E-state index is 11.7. The maximum atomic E-state index is 11.7. The quantitative estimate of drug-likeness (QED) is 0.730. The van der Waals surface area contributed by atoms with Crippen LogP contribution >= 0.6 is 11.8 Å². The number of nitrogens with zero attached hydrogens (tertiary/aromatic N) is 1. The van der Waals surface area contributed by atoms with E-state index in [-0.39, 0.29) is 11.9 Å². The van der Waals surface area contributed by atoms with Crippen molar-refractivity contribution in [2.24, 2.45) is 5.73 Å². The summed E-state index contributed by atoms with van der Waals surface area (Å²) < 4.78 is 0. The summed E-state index contributed by atoms with van der Waals surface area (Å²) in [7, 11) is 2.11. The van der Waals surface area contributed by atoms with Gasteiger partial charge in [-0.1, -0.05) is 0 Å². The Balaban J connectivity index is 2.22. The molecule has 5 heteroatoms. The predicted octanol–water partition coefficient (Wildman–Crippen LogP) is 0.277. The minimum atomic E-state index is -0.341. The highest BCUT2D eigenvalue weighted by molar-refractivity contribution is 7.98. The van der Waals surface area contributed by atoms with E-state index in [0.29, 0.717) is 6.04 Å². The second-order valence-corrected chi connectivity index (χ2v) is 5.46. The third-order valence-corrected chi connectivity index (χ3v) is 3.68. The molecule has 1 heterocycles. The van der Waals surface area contributed by atoms with Crippen molar-refractivity contribution in [3.63, 3.8) is 0 Å². The highest BCUT2D eigenvalue weighted by Crippen LogP contribution is 2.08. The Bertz CT molecular complexity index is 217. The molecule has 4 nitrogen and oxygen atoms in total. The van der Waals surface area contributed by atoms with Gasteiger partial charge in [-0.2, -0.15) is 11.8 Å². The van der Waals surface area contributed by atoms with Crippen LogP contribution in [-0.2, 0) is 4.79 Å². The normalized spacial score (nSPS) is 20.7. The molecule has 3 N–H and O–H groups in total. The van der Waals surface area contributed by atoms with Crippen LogP contribution in [0.3, 0.4) is 0 Å². The number of carbonyl (C=O) groups excluding carboxylic acids is 1. The van der Waals surface area contributed by atoms with Crippen molar-refractivity contribution in [3.05, 3.63) is 0 Å². The smallest absolute Gasteiger partial charge is 0.237 e. The molecule has 1 saturated heterocycles. The molecule has 94 valence electrons. The van der Waals surface area contributed by atoms with Gasteiger partial charge in [0.15, 0.2) is 0 Å². The first-order valence-electron chi connectivity index (χ1n) is 5.87. The highest BCUT2D eigenvalue weighted by atomic mass is 32.2. The van der Waals surface area contributed by atoms with E-state index in [4.69, 9.17) is 5.73 Å². The third-order valence-electron chi connectivity index (χ3n) is 3.03. The minimum Gasteiger partial charge on any atom is -0.352 e. The zero-order valence-corrected chi connectivity index (χ0v) is 11.1. The molecule has 0 aromatic heterocycles. The van der Waals surface area contributed by atoms with Crippen molar-refractivity contribution < 1.29 is 4.79 Å². The molecule has 0 unspecified atom stereocenters. The number of hydrogen-bond donors (Lipinski definition) is 2. The molecule has 1 atom stereocenters. The van der Waals surface area contributed by atoms with E-state index < -0.39 is 0 Å². The molecule has 0 aromatic carbocycles. The van der Waals surface area contributed by atoms with Gasteiger partial charge in [0.2, 0.25) is 5.91 Å². The largest absolute Gasteiger partial charge is 0.352 e. The summed E-state index contributed by atoms with van der Waals surface area (Å²) in [5.74, 6) is 0.964. The monoisotopic (exact) mass is 245 g/mol. The molecule has 16 heavy (non-hydrogen) atoms. The molecule has 1 aliphatic heterocycles. The molecule has 0 radical (unpaired) electrons. The number of rotatable bonds is 5. The number of thioether (sulfide) groups is 1. The van der Waals surface area contributed by atoms with E-state index in [1.54, 1.807) is 11.8 Å². The third kappa shape index (κ3) is 4.72. The Labute approximate surface area is 102 Å². The Morgan fingerprint density at radius 2 is 2.19 bits per heavy atom. The fourth-order valence-electron chi connectivity index (χ4n) is 1.84. The van der Waals surface area contributed by atoms with Gasteiger partial charge in [-0.05, 0) is 51.4 Å². The van der Waals surface area contributed by atoms with Crippen LogP contribution in [0, 0.1) is 0 Å². The number of likely N-dealkylation sites (tertiary alicyclic amines) is 1. The van der Waals surface area contributed by atoms with E-state index in [1.807, 2.05) is 6.26 Å². The summed E-state index contributed by atoms with van der Waals surface area (Å²) in [5, 5.41) is 3.05. The van der Waals surface area contributed by atoms with Gasteiger partial charge in [-0.15, -0.1) is 0 Å². The molecule has 1 fully saturated rings. The lowest BCUT2D eigenvalue weighted by atomic mass is 10.0. The molecular formula is C11H23N3OS. The van der Waals surface area contributed by atoms with Gasteiger partial charge >= 0.3 is 0 Å². The van der Waals surface area contributed by atoms with Crippen LogP contribution in [0.25, 0.3) is 0 Å². The zero-order valence-electron chi connectivity index (χ0n) is 10.2. The van der Waals surface area contributed by atoms with Gasteiger partial charge < -0.3 is 16.0 Å². The predicted molar refractivity (Wildman–Crippen MR) is 69.6 cm³/mol. The SMILES string of the molecule is CSCC[C@H](N)C(=O)NC1CCN(C)CC1. The number of nitrogens with one attached hydrogen (secondary N) is 1. The Kier molecular flexibility index (Phi) is 6.16. The molecule has 0 spiro atoms. The van der Waals surface area contributed by atoms with Crippen LogP contribution in [0.1, 0.15) is 19.3 Å². The molecule has 1 aliphatic rings. The lowest BCUT2D eigenvalue weighted by molar-refractivity contribution is -0.123. The molecule has 0 bridgehead atoms. The summed E-state index contributed by atoms with van der Waals surface area (Å²) in [4.78, 5) is 14.0. The average molecular weight is 245 g/mol. The standard InChI is InChI=1S/C11H23N3OS/c1-14-6-3-9(4-7-14)13-11(15)10(12)5-8-16-2/h9-10H,3-8,12H2,1-2H3,(H,13,15)/t10-/m0/s1. The first-order valence-corrected chi connectivity index (χ1v) is 7.26. The Hall–Kier alpha value is -0.260. The first kappa shape index (κ1) is 13.8. The summed E-state index contributed by atoms with van der Waals surface area (Å²) in [6.07, 6.45) is 4.87. The highest BCUT2D eigenvalue weighted by Gasteiger charge is 2.21. The maximum Gasteiger partial charge on any atom is 0.237 e. The number of nitrogens with two attached hydrogens (primary N) is 1. The molecule has 0 saturated carbocycles. The number of hydrogen-bond acceptors (Lipinski definition) is 4. The number of piperidine rings is 1. The van der Waals surface area contributed by atoms with E-state index >= 15 is 0 Å². The van der Waals surface area contributed by atoms with Gasteiger partial charge in [0.1, 0.15) is 0 Å². The van der Waals surface area contributed by atoms with E-state index in [2.05, 4.69) is 17.3 Å². The van der Waals surface area contributed by atoms with Crippen LogP contribution in [-0.4, -0.2) is 55.0 Å². The molecule has 1 amide bonds. The summed E-state index contributed by atoms with van der Waals surface area (Å²) in [5.41, 5.74) is 5.81. The van der Waals surface area contributed by atoms with Gasteiger partial charge in [-0.25, -0.2) is 0 Å². The molecule has 0 aromatic rings. The first-order chi connectivity index (χ1) is 7.63. The van der Waals surface area contributed by atoms with Crippen molar-refractivity contribution in [1.82, 2.24) is 10.2 Å². The summed E-state index contributed by atoms with van der Waals surface area (Å²) >= 11 is 1.73. The van der Waals surface area contributed by atoms with Gasteiger partial charge in [0, 0.05) is 6.04 Å². The Morgan fingerprint density at radius 1 is 1.56 bits per heavy atom. The number of amides is 1. The van der Waals surface area contributed by atoms with Crippen molar-refractivity contribution in [2.75, 3.05) is 32.1 Å². The zero-order chi connectivity index (χ0) is 12.0. The topological polar surface area (TPSA) is 58.4 Å². The van der Waals surface area contributed by atoms with E-state index in [9.17, 15) is 4.79 Å². The van der Waals surface area contributed by atoms with Crippen molar-refractivity contribution in [1.29, 1.82) is 0 Å². The fraction of sp³-hybridized carbons (Fsp3) is 0.909. The lowest BCUT2D eigenvalue weighted by Gasteiger charge is -2.30. The van der Waals surface area contributed by atoms with Crippen molar-refractivity contribution in [3.8, 4) is 0 Å². The van der Waals surface area contributed by atoms with Crippen LogP contribution in [0.5, 0.6) is 0 Å². The van der Waals surface area contributed by atoms with Crippen molar-refractivity contribution >= 4 is 17.7 Å². The molecule has 1 rings (SSSR count). The molecular weight excluding hydrogens is 222 g/mol. The van der Waals surface area contributed by atoms with Crippen LogP contribution in [0.2, 0.25) is 0 Å². The lowest BCUT2D eigenvalue weighted by Crippen LogP contribution is -2.49. The van der Waals surface area contributed by atoms with Crippen molar-refractivity contribution in [2.45, 2.75) is 31.3 Å². The summed E-state index contributed by atoms with van der Waals surface area (Å²) in [6.45, 7) is 2.12. The minimum absolute atomic E-state index is 0.0172. The number of carbonyl (C=O) groups is 1. The second kappa shape index (κ2) is 7.14. The van der Waals surface area contributed by atoms with Gasteiger partial charge in [0.05, 0.1) is 6.04 Å². The Morgan fingerprint density at radius 3 is 2.75 bits per heavy atom. The van der Waals surface area contributed by atoms with E-state index in [1.165, 1.54) is 0 Å². The summed E-state index contributed by atoms with van der Waals surface area (Å²) in [6, 6.07) is -0.0175. The average Bonchev–Trinajstić information content (AvgIpc) is 2.29. The second-order valence-electron chi connectivity index (χ2n) is 4.47. The van der Waals surface area contributed by atoms with E-state index in [0.717, 1.165) is 38.1 Å². The van der Waals surface area contributed by atoms with Crippen LogP contribution in [0.15, 0.2) is 0 Å². The fourth-order valence-corrected chi connectivity index (χ4v) is 2.33. The van der Waals surface area contributed by atoms with Crippen LogP contribution in [0.4, 0.5) is 0 Å². The van der Waals surface area contributed by atoms with Gasteiger partial charge in [0.25, 0.3) is 0 Å².